The first-order chi connectivity index (χ1) is 9.97. The van der Waals surface area contributed by atoms with E-state index in [9.17, 15) is 14.7 Å². The summed E-state index contributed by atoms with van der Waals surface area (Å²) in [4.78, 5) is 23.9. The Hall–Kier alpha value is -2.82. The molecule has 0 atom stereocenters. The minimum absolute atomic E-state index is 0.0106. The number of aryl methyl sites for hydroxylation is 2. The van der Waals surface area contributed by atoms with Crippen LogP contribution in [-0.4, -0.2) is 16.9 Å². The van der Waals surface area contributed by atoms with Gasteiger partial charge >= 0.3 is 0 Å². The minimum Gasteiger partial charge on any atom is -0.508 e. The van der Waals surface area contributed by atoms with Crippen molar-refractivity contribution in [1.29, 1.82) is 0 Å². The van der Waals surface area contributed by atoms with Crippen LogP contribution in [0.25, 0.3) is 0 Å². The number of carbonyl (C=O) groups excluding carboxylic acids is 2. The quantitative estimate of drug-likeness (QED) is 0.739. The summed E-state index contributed by atoms with van der Waals surface area (Å²) >= 11 is 0. The van der Waals surface area contributed by atoms with Crippen LogP contribution in [0.4, 0.5) is 0 Å². The zero-order chi connectivity index (χ0) is 15.4. The summed E-state index contributed by atoms with van der Waals surface area (Å²) in [6.45, 7) is 3.72. The largest absolute Gasteiger partial charge is 0.508 e. The van der Waals surface area contributed by atoms with Crippen molar-refractivity contribution in [3.63, 3.8) is 0 Å². The van der Waals surface area contributed by atoms with Gasteiger partial charge in [0.2, 0.25) is 0 Å². The number of hydrazine groups is 1. The second kappa shape index (κ2) is 6.09. The molecule has 2 amide bonds. The molecule has 2 aromatic rings. The SMILES string of the molecule is Cc1ccc(C)c(C(=O)NNC(=O)c2cccc(O)c2)c1. The Labute approximate surface area is 122 Å². The van der Waals surface area contributed by atoms with Gasteiger partial charge in [0, 0.05) is 11.1 Å². The number of nitrogens with one attached hydrogen (secondary N) is 2. The maximum Gasteiger partial charge on any atom is 0.269 e. The molecule has 0 saturated heterocycles. The summed E-state index contributed by atoms with van der Waals surface area (Å²) in [7, 11) is 0. The third kappa shape index (κ3) is 3.60. The number of rotatable bonds is 2. The monoisotopic (exact) mass is 284 g/mol. The van der Waals surface area contributed by atoms with Crippen molar-refractivity contribution in [2.75, 3.05) is 0 Å². The van der Waals surface area contributed by atoms with Crippen molar-refractivity contribution >= 4 is 11.8 Å². The van der Waals surface area contributed by atoms with Gasteiger partial charge in [0.25, 0.3) is 11.8 Å². The Morgan fingerprint density at radius 3 is 2.38 bits per heavy atom. The maximum absolute atomic E-state index is 12.0. The zero-order valence-electron chi connectivity index (χ0n) is 11.8. The Morgan fingerprint density at radius 1 is 0.952 bits per heavy atom. The first kappa shape index (κ1) is 14.6. The molecule has 0 saturated carbocycles. The summed E-state index contributed by atoms with van der Waals surface area (Å²) in [6.07, 6.45) is 0. The van der Waals surface area contributed by atoms with E-state index in [1.165, 1.54) is 12.1 Å². The van der Waals surface area contributed by atoms with Gasteiger partial charge in [-0.15, -0.1) is 0 Å². The van der Waals surface area contributed by atoms with E-state index in [0.717, 1.165) is 11.1 Å². The molecule has 21 heavy (non-hydrogen) atoms. The number of amides is 2. The summed E-state index contributed by atoms with van der Waals surface area (Å²) < 4.78 is 0. The second-order valence-corrected chi connectivity index (χ2v) is 4.78. The fourth-order valence-corrected chi connectivity index (χ4v) is 1.88. The normalized spacial score (nSPS) is 10.0. The van der Waals surface area contributed by atoms with Gasteiger partial charge < -0.3 is 5.11 Å². The number of phenols is 1. The second-order valence-electron chi connectivity index (χ2n) is 4.78. The Kier molecular flexibility index (Phi) is 4.23. The highest BCUT2D eigenvalue weighted by Gasteiger charge is 2.11. The standard InChI is InChI=1S/C16H16N2O3/c1-10-6-7-11(2)14(8-10)16(21)18-17-15(20)12-4-3-5-13(19)9-12/h3-9,19H,1-2H3,(H,17,20)(H,18,21). The third-order valence-corrected chi connectivity index (χ3v) is 3.04. The first-order valence-electron chi connectivity index (χ1n) is 6.44. The predicted molar refractivity (Wildman–Crippen MR) is 79.0 cm³/mol. The molecule has 5 nitrogen and oxygen atoms in total. The molecular weight excluding hydrogens is 268 g/mol. The van der Waals surface area contributed by atoms with Gasteiger partial charge in [-0.2, -0.15) is 0 Å². The molecule has 3 N–H and O–H groups in total. The van der Waals surface area contributed by atoms with E-state index in [1.807, 2.05) is 26.0 Å². The van der Waals surface area contributed by atoms with E-state index >= 15 is 0 Å². The number of aromatic hydroxyl groups is 1. The Bertz CT molecular complexity index is 696. The Balaban J connectivity index is 2.04. The van der Waals surface area contributed by atoms with Crippen LogP contribution < -0.4 is 10.9 Å². The van der Waals surface area contributed by atoms with Crippen LogP contribution in [0.3, 0.4) is 0 Å². The van der Waals surface area contributed by atoms with Gasteiger partial charge in [-0.25, -0.2) is 0 Å². The molecule has 5 heteroatoms. The molecule has 0 aliphatic rings. The molecule has 0 unspecified atom stereocenters. The van der Waals surface area contributed by atoms with Crippen molar-refractivity contribution in [2.45, 2.75) is 13.8 Å². The summed E-state index contributed by atoms with van der Waals surface area (Å²) in [5.74, 6) is -0.891. The highest BCUT2D eigenvalue weighted by atomic mass is 16.3. The highest BCUT2D eigenvalue weighted by Crippen LogP contribution is 2.11. The van der Waals surface area contributed by atoms with Gasteiger partial charge in [0.15, 0.2) is 0 Å². The average Bonchev–Trinajstić information content (AvgIpc) is 2.47. The van der Waals surface area contributed by atoms with Gasteiger partial charge in [0.1, 0.15) is 5.75 Å². The molecule has 0 fully saturated rings. The van der Waals surface area contributed by atoms with E-state index in [4.69, 9.17) is 0 Å². The lowest BCUT2D eigenvalue weighted by atomic mass is 10.1. The van der Waals surface area contributed by atoms with Crippen LogP contribution >= 0.6 is 0 Å². The predicted octanol–water partition coefficient (Wildman–Crippen LogP) is 2.08. The van der Waals surface area contributed by atoms with Crippen molar-refractivity contribution in [1.82, 2.24) is 10.9 Å². The molecule has 0 bridgehead atoms. The number of hydrogen-bond acceptors (Lipinski definition) is 3. The van der Waals surface area contributed by atoms with E-state index in [0.29, 0.717) is 5.56 Å². The number of carbonyl (C=O) groups is 2. The molecule has 0 aromatic heterocycles. The summed E-state index contributed by atoms with van der Waals surface area (Å²) in [5, 5.41) is 9.32. The molecule has 2 rings (SSSR count). The lowest BCUT2D eigenvalue weighted by molar-refractivity contribution is 0.0846. The van der Waals surface area contributed by atoms with Gasteiger partial charge in [-0.3, -0.25) is 20.4 Å². The fraction of sp³-hybridized carbons (Fsp3) is 0.125. The molecular formula is C16H16N2O3. The van der Waals surface area contributed by atoms with Crippen molar-refractivity contribution in [2.24, 2.45) is 0 Å². The summed E-state index contributed by atoms with van der Waals surface area (Å²) in [5.41, 5.74) is 7.24. The minimum atomic E-state index is -0.496. The molecule has 2 aromatic carbocycles. The van der Waals surface area contributed by atoms with Crippen molar-refractivity contribution in [3.05, 3.63) is 64.7 Å². The van der Waals surface area contributed by atoms with Crippen molar-refractivity contribution < 1.29 is 14.7 Å². The van der Waals surface area contributed by atoms with E-state index in [-0.39, 0.29) is 17.2 Å². The van der Waals surface area contributed by atoms with Crippen LogP contribution in [0.15, 0.2) is 42.5 Å². The topological polar surface area (TPSA) is 78.4 Å². The number of benzene rings is 2. The van der Waals surface area contributed by atoms with Gasteiger partial charge in [-0.1, -0.05) is 23.8 Å². The number of phenolic OH excluding ortho intramolecular Hbond substituents is 1. The summed E-state index contributed by atoms with van der Waals surface area (Å²) in [6, 6.07) is 11.4. The maximum atomic E-state index is 12.0. The zero-order valence-corrected chi connectivity index (χ0v) is 11.8. The van der Waals surface area contributed by atoms with Crippen LogP contribution in [0.5, 0.6) is 5.75 Å². The van der Waals surface area contributed by atoms with Crippen LogP contribution in [0.2, 0.25) is 0 Å². The first-order valence-corrected chi connectivity index (χ1v) is 6.44. The molecule has 0 aliphatic heterocycles. The third-order valence-electron chi connectivity index (χ3n) is 3.04. The lowest BCUT2D eigenvalue weighted by Gasteiger charge is -2.10. The molecule has 0 radical (unpaired) electrons. The molecule has 0 spiro atoms. The van der Waals surface area contributed by atoms with Crippen LogP contribution in [0, 0.1) is 13.8 Å². The van der Waals surface area contributed by atoms with Crippen LogP contribution in [-0.2, 0) is 0 Å². The van der Waals surface area contributed by atoms with Crippen molar-refractivity contribution in [3.8, 4) is 5.75 Å². The number of hydrogen-bond donors (Lipinski definition) is 3. The van der Waals surface area contributed by atoms with Gasteiger partial charge in [-0.05, 0) is 43.7 Å². The molecule has 108 valence electrons. The van der Waals surface area contributed by atoms with Gasteiger partial charge in [0.05, 0.1) is 0 Å². The van der Waals surface area contributed by atoms with E-state index in [1.54, 1.807) is 18.2 Å². The lowest BCUT2D eigenvalue weighted by Crippen LogP contribution is -2.41. The average molecular weight is 284 g/mol. The fourth-order valence-electron chi connectivity index (χ4n) is 1.88. The van der Waals surface area contributed by atoms with E-state index in [2.05, 4.69) is 10.9 Å². The Morgan fingerprint density at radius 2 is 1.67 bits per heavy atom. The highest BCUT2D eigenvalue weighted by molar-refractivity contribution is 5.99. The molecule has 0 heterocycles. The molecule has 0 aliphatic carbocycles. The van der Waals surface area contributed by atoms with E-state index < -0.39 is 5.91 Å². The van der Waals surface area contributed by atoms with Crippen LogP contribution in [0.1, 0.15) is 31.8 Å². The smallest absolute Gasteiger partial charge is 0.269 e.